The number of fused-ring (bicyclic) bond motifs is 1. The maximum absolute atomic E-state index is 11.1. The molecule has 0 amide bonds. The lowest BCUT2D eigenvalue weighted by molar-refractivity contribution is -0.116. The van der Waals surface area contributed by atoms with Gasteiger partial charge >= 0.3 is 6.08 Å². The molecule has 5 nitrogen and oxygen atoms in total. The fourth-order valence-corrected chi connectivity index (χ4v) is 2.26. The molecule has 0 radical (unpaired) electrons. The van der Waals surface area contributed by atoms with E-state index in [4.69, 9.17) is 13.9 Å². The first-order chi connectivity index (χ1) is 12.2. The second-order valence-electron chi connectivity index (χ2n) is 5.24. The second-order valence-corrected chi connectivity index (χ2v) is 5.24. The average Bonchev–Trinajstić information content (AvgIpc) is 3.04. The third-order valence-corrected chi connectivity index (χ3v) is 3.47. The number of rotatable bonds is 6. The van der Waals surface area contributed by atoms with Crippen LogP contribution in [0.3, 0.4) is 0 Å². The number of aryl methyl sites for hydroxylation is 1. The molecule has 0 saturated carbocycles. The van der Waals surface area contributed by atoms with Crippen molar-refractivity contribution >= 4 is 16.9 Å². The summed E-state index contributed by atoms with van der Waals surface area (Å²) in [4.78, 5) is 15.4. The Labute approximate surface area is 147 Å². The molecule has 0 aliphatic heterocycles. The molecule has 0 N–H and O–H groups in total. The molecule has 0 spiro atoms. The number of benzene rings is 2. The van der Waals surface area contributed by atoms with Gasteiger partial charge in [-0.3, -0.25) is 0 Å². The number of para-hydroxylation sites is 2. The molecule has 0 saturated heterocycles. The van der Waals surface area contributed by atoms with E-state index in [1.165, 1.54) is 0 Å². The molecule has 0 bridgehead atoms. The van der Waals surface area contributed by atoms with Crippen LogP contribution in [0.15, 0.2) is 46.9 Å². The summed E-state index contributed by atoms with van der Waals surface area (Å²) in [6.45, 7) is 5.59. The van der Waals surface area contributed by atoms with Gasteiger partial charge in [0.2, 0.25) is 0 Å². The predicted molar refractivity (Wildman–Crippen MR) is 97.4 cm³/mol. The topological polar surface area (TPSA) is 61.6 Å². The summed E-state index contributed by atoms with van der Waals surface area (Å²) in [5.41, 5.74) is 2.42. The number of hydrogen-bond acceptors (Lipinski definition) is 5. The molecule has 0 aliphatic rings. The Bertz CT molecular complexity index is 806. The van der Waals surface area contributed by atoms with Gasteiger partial charge in [0.05, 0.1) is 7.11 Å². The summed E-state index contributed by atoms with van der Waals surface area (Å²) in [6, 6.07) is 13.0. The number of carbonyl (C=O) groups is 1. The SMILES string of the molecule is CC.COc1cc(CCC(C)=O)ccc1Oc1nc2ccccc2o1. The maximum Gasteiger partial charge on any atom is 0.400 e. The van der Waals surface area contributed by atoms with Crippen LogP contribution in [0.4, 0.5) is 0 Å². The van der Waals surface area contributed by atoms with Crippen LogP contribution in [-0.4, -0.2) is 17.9 Å². The van der Waals surface area contributed by atoms with Gasteiger partial charge in [-0.1, -0.05) is 32.0 Å². The molecule has 2 aromatic carbocycles. The highest BCUT2D eigenvalue weighted by molar-refractivity contribution is 5.75. The van der Waals surface area contributed by atoms with Crippen molar-refractivity contribution in [2.75, 3.05) is 7.11 Å². The normalized spacial score (nSPS) is 10.1. The van der Waals surface area contributed by atoms with Gasteiger partial charge in [-0.2, -0.15) is 4.98 Å². The van der Waals surface area contributed by atoms with E-state index >= 15 is 0 Å². The third kappa shape index (κ3) is 4.83. The first-order valence-corrected chi connectivity index (χ1v) is 8.35. The molecule has 132 valence electrons. The summed E-state index contributed by atoms with van der Waals surface area (Å²) >= 11 is 0. The van der Waals surface area contributed by atoms with Crippen molar-refractivity contribution in [3.63, 3.8) is 0 Å². The van der Waals surface area contributed by atoms with E-state index in [1.54, 1.807) is 20.1 Å². The number of methoxy groups -OCH3 is 1. The Morgan fingerprint density at radius 3 is 2.56 bits per heavy atom. The lowest BCUT2D eigenvalue weighted by Gasteiger charge is -2.09. The number of hydrogen-bond donors (Lipinski definition) is 0. The molecule has 0 unspecified atom stereocenters. The van der Waals surface area contributed by atoms with Gasteiger partial charge in [0, 0.05) is 6.42 Å². The zero-order valence-electron chi connectivity index (χ0n) is 15.0. The number of ether oxygens (including phenoxy) is 2. The van der Waals surface area contributed by atoms with Crippen molar-refractivity contribution in [3.05, 3.63) is 48.0 Å². The monoisotopic (exact) mass is 341 g/mol. The summed E-state index contributed by atoms with van der Waals surface area (Å²) < 4.78 is 16.6. The van der Waals surface area contributed by atoms with Crippen molar-refractivity contribution in [1.29, 1.82) is 0 Å². The Hall–Kier alpha value is -2.82. The van der Waals surface area contributed by atoms with Crippen molar-refractivity contribution in [2.24, 2.45) is 0 Å². The summed E-state index contributed by atoms with van der Waals surface area (Å²) in [6.07, 6.45) is 1.35. The van der Waals surface area contributed by atoms with E-state index < -0.39 is 0 Å². The van der Waals surface area contributed by atoms with Crippen LogP contribution >= 0.6 is 0 Å². The summed E-state index contributed by atoms with van der Waals surface area (Å²) in [5, 5.41) is 0. The summed E-state index contributed by atoms with van der Waals surface area (Å²) in [7, 11) is 1.57. The number of carbonyl (C=O) groups excluding carboxylic acids is 1. The molecule has 3 rings (SSSR count). The van der Waals surface area contributed by atoms with Gasteiger partial charge in [-0.25, -0.2) is 0 Å². The lowest BCUT2D eigenvalue weighted by Crippen LogP contribution is -1.96. The molecule has 1 heterocycles. The number of oxazole rings is 1. The average molecular weight is 341 g/mol. The molecule has 0 aliphatic carbocycles. The van der Waals surface area contributed by atoms with Gasteiger partial charge in [0.1, 0.15) is 11.3 Å². The molecular formula is C20H23NO4. The minimum Gasteiger partial charge on any atom is -0.493 e. The highest BCUT2D eigenvalue weighted by Crippen LogP contribution is 2.33. The number of ketones is 1. The first kappa shape index (κ1) is 18.5. The van der Waals surface area contributed by atoms with E-state index in [-0.39, 0.29) is 11.9 Å². The third-order valence-electron chi connectivity index (χ3n) is 3.47. The first-order valence-electron chi connectivity index (χ1n) is 8.35. The second kappa shape index (κ2) is 8.87. The van der Waals surface area contributed by atoms with Crippen LogP contribution in [0.1, 0.15) is 32.8 Å². The van der Waals surface area contributed by atoms with Crippen LogP contribution in [-0.2, 0) is 11.2 Å². The predicted octanol–water partition coefficient (Wildman–Crippen LogP) is 5.18. The molecule has 5 heteroatoms. The Morgan fingerprint density at radius 1 is 1.12 bits per heavy atom. The number of Topliss-reactive ketones (excluding diaryl/α,β-unsaturated/α-hetero) is 1. The van der Waals surface area contributed by atoms with E-state index in [0.29, 0.717) is 29.9 Å². The summed E-state index contributed by atoms with van der Waals surface area (Å²) in [5.74, 6) is 1.26. The van der Waals surface area contributed by atoms with Crippen molar-refractivity contribution in [2.45, 2.75) is 33.6 Å². The Kier molecular flexibility index (Phi) is 6.57. The Balaban J connectivity index is 0.00000109. The van der Waals surface area contributed by atoms with Crippen molar-refractivity contribution in [1.82, 2.24) is 4.98 Å². The van der Waals surface area contributed by atoms with Gasteiger partial charge in [-0.05, 0) is 43.2 Å². The highest BCUT2D eigenvalue weighted by Gasteiger charge is 2.12. The van der Waals surface area contributed by atoms with Crippen LogP contribution < -0.4 is 9.47 Å². The largest absolute Gasteiger partial charge is 0.493 e. The molecule has 25 heavy (non-hydrogen) atoms. The highest BCUT2D eigenvalue weighted by atomic mass is 16.6. The van der Waals surface area contributed by atoms with Crippen LogP contribution in [0.5, 0.6) is 17.6 Å². The number of aromatic nitrogens is 1. The minimum atomic E-state index is 0.163. The van der Waals surface area contributed by atoms with Gasteiger partial charge < -0.3 is 18.7 Å². The van der Waals surface area contributed by atoms with Crippen LogP contribution in [0, 0.1) is 0 Å². The molecular weight excluding hydrogens is 318 g/mol. The zero-order chi connectivity index (χ0) is 18.2. The maximum atomic E-state index is 11.1. The van der Waals surface area contributed by atoms with Crippen molar-refractivity contribution in [3.8, 4) is 17.6 Å². The quantitative estimate of drug-likeness (QED) is 0.618. The van der Waals surface area contributed by atoms with Gasteiger partial charge in [0.15, 0.2) is 17.1 Å². The van der Waals surface area contributed by atoms with Crippen LogP contribution in [0.25, 0.3) is 11.1 Å². The van der Waals surface area contributed by atoms with Crippen molar-refractivity contribution < 1.29 is 18.7 Å². The lowest BCUT2D eigenvalue weighted by atomic mass is 10.1. The van der Waals surface area contributed by atoms with Crippen LogP contribution in [0.2, 0.25) is 0 Å². The van der Waals surface area contributed by atoms with Gasteiger partial charge in [-0.15, -0.1) is 0 Å². The molecule has 1 aromatic heterocycles. The van der Waals surface area contributed by atoms with E-state index in [2.05, 4.69) is 4.98 Å². The van der Waals surface area contributed by atoms with E-state index in [1.807, 2.05) is 50.2 Å². The fraction of sp³-hybridized carbons (Fsp3) is 0.300. The van der Waals surface area contributed by atoms with E-state index in [9.17, 15) is 4.79 Å². The molecule has 0 fully saturated rings. The number of nitrogens with zero attached hydrogens (tertiary/aromatic N) is 1. The zero-order valence-corrected chi connectivity index (χ0v) is 15.0. The Morgan fingerprint density at radius 2 is 1.88 bits per heavy atom. The molecule has 3 aromatic rings. The van der Waals surface area contributed by atoms with E-state index in [0.717, 1.165) is 11.1 Å². The fourth-order valence-electron chi connectivity index (χ4n) is 2.26. The minimum absolute atomic E-state index is 0.163. The van der Waals surface area contributed by atoms with Gasteiger partial charge in [0.25, 0.3) is 0 Å². The standard InChI is InChI=1S/C18H17NO4.C2H6/c1-12(20)7-8-13-9-10-16(17(11-13)21-2)23-18-19-14-5-3-4-6-15(14)22-18;1-2/h3-6,9-11H,7-8H2,1-2H3;1-2H3. The smallest absolute Gasteiger partial charge is 0.400 e. The molecule has 0 atom stereocenters.